The number of carbonyl (C=O) groups excluding carboxylic acids is 2. The van der Waals surface area contributed by atoms with E-state index in [0.29, 0.717) is 17.9 Å². The molecule has 28 heavy (non-hydrogen) atoms. The predicted octanol–water partition coefficient (Wildman–Crippen LogP) is 4.44. The van der Waals surface area contributed by atoms with Crippen molar-refractivity contribution in [2.75, 3.05) is 7.11 Å². The molecular formula is C21H17NO4S2. The Morgan fingerprint density at radius 1 is 1.11 bits per heavy atom. The number of hydrogen-bond acceptors (Lipinski definition) is 6. The zero-order chi connectivity index (χ0) is 19.7. The van der Waals surface area contributed by atoms with Gasteiger partial charge in [-0.3, -0.25) is 9.59 Å². The monoisotopic (exact) mass is 411 g/mol. The molecule has 1 amide bonds. The van der Waals surface area contributed by atoms with Crippen LogP contribution >= 0.6 is 22.7 Å². The zero-order valence-corrected chi connectivity index (χ0v) is 16.6. The smallest absolute Gasteiger partial charge is 0.296 e. The molecule has 0 aliphatic carbocycles. The molecular weight excluding hydrogens is 394 g/mol. The molecule has 7 heteroatoms. The average molecular weight is 412 g/mol. The van der Waals surface area contributed by atoms with Crippen LogP contribution in [-0.4, -0.2) is 28.8 Å². The lowest BCUT2D eigenvalue weighted by atomic mass is 9.99. The van der Waals surface area contributed by atoms with Gasteiger partial charge in [0.2, 0.25) is 0 Å². The Morgan fingerprint density at radius 2 is 1.89 bits per heavy atom. The minimum atomic E-state index is -0.671. The molecule has 3 heterocycles. The van der Waals surface area contributed by atoms with Gasteiger partial charge in [-0.25, -0.2) is 0 Å². The van der Waals surface area contributed by atoms with Crippen molar-refractivity contribution in [3.63, 3.8) is 0 Å². The number of likely N-dealkylation sites (tertiary alicyclic amines) is 1. The maximum absolute atomic E-state index is 12.9. The van der Waals surface area contributed by atoms with Crippen LogP contribution in [0.3, 0.4) is 0 Å². The van der Waals surface area contributed by atoms with Crippen molar-refractivity contribution in [1.29, 1.82) is 0 Å². The number of Topliss-reactive ketones (excluding diaryl/α,β-unsaturated/α-hetero) is 1. The highest BCUT2D eigenvalue weighted by Crippen LogP contribution is 2.42. The van der Waals surface area contributed by atoms with Crippen molar-refractivity contribution in [2.45, 2.75) is 12.6 Å². The molecule has 142 valence electrons. The third-order valence-corrected chi connectivity index (χ3v) is 6.39. The molecule has 1 aliphatic rings. The predicted molar refractivity (Wildman–Crippen MR) is 109 cm³/mol. The Hall–Kier alpha value is -2.90. The Labute approximate surface area is 170 Å². The normalized spacial score (nSPS) is 18.6. The molecule has 1 saturated heterocycles. The van der Waals surface area contributed by atoms with E-state index in [1.165, 1.54) is 34.7 Å². The number of methoxy groups -OCH3 is 1. The highest BCUT2D eigenvalue weighted by molar-refractivity contribution is 7.10. The van der Waals surface area contributed by atoms with Gasteiger partial charge in [-0.1, -0.05) is 24.3 Å². The molecule has 3 aromatic rings. The zero-order valence-electron chi connectivity index (χ0n) is 15.0. The number of aliphatic hydroxyl groups is 1. The van der Waals surface area contributed by atoms with Gasteiger partial charge in [0.15, 0.2) is 0 Å². The molecule has 1 N–H and O–H groups in total. The number of benzene rings is 1. The maximum Gasteiger partial charge on any atom is 0.296 e. The first-order chi connectivity index (χ1) is 13.6. The highest BCUT2D eigenvalue weighted by Gasteiger charge is 2.46. The summed E-state index contributed by atoms with van der Waals surface area (Å²) in [7, 11) is 1.53. The fraction of sp³-hybridized carbons (Fsp3) is 0.143. The second-order valence-electron chi connectivity index (χ2n) is 6.25. The average Bonchev–Trinajstić information content (AvgIpc) is 3.46. The Morgan fingerprint density at radius 3 is 2.57 bits per heavy atom. The molecule has 0 saturated carbocycles. The Balaban J connectivity index is 1.84. The summed E-state index contributed by atoms with van der Waals surface area (Å²) >= 11 is 2.98. The Bertz CT molecular complexity index is 1040. The first kappa shape index (κ1) is 18.5. The SMILES string of the molecule is COc1cccc(/C(O)=C2/C(=O)C(=O)N(Cc3cccs3)C2c2cccs2)c1. The molecule has 1 unspecified atom stereocenters. The molecule has 1 aliphatic heterocycles. The van der Waals surface area contributed by atoms with Gasteiger partial charge in [0.1, 0.15) is 17.6 Å². The molecule has 1 atom stereocenters. The van der Waals surface area contributed by atoms with Gasteiger partial charge in [-0.2, -0.15) is 0 Å². The van der Waals surface area contributed by atoms with Crippen LogP contribution in [0.15, 0.2) is 64.9 Å². The number of carbonyl (C=O) groups is 2. The van der Waals surface area contributed by atoms with Crippen molar-refractivity contribution in [1.82, 2.24) is 4.90 Å². The van der Waals surface area contributed by atoms with Crippen molar-refractivity contribution < 1.29 is 19.4 Å². The second-order valence-corrected chi connectivity index (χ2v) is 8.27. The second kappa shape index (κ2) is 7.61. The fourth-order valence-corrected chi connectivity index (χ4v) is 4.83. The summed E-state index contributed by atoms with van der Waals surface area (Å²) < 4.78 is 5.21. The van der Waals surface area contributed by atoms with Crippen LogP contribution in [-0.2, 0) is 16.1 Å². The van der Waals surface area contributed by atoms with Gasteiger partial charge in [-0.15, -0.1) is 22.7 Å². The summed E-state index contributed by atoms with van der Waals surface area (Å²) in [4.78, 5) is 29.1. The van der Waals surface area contributed by atoms with Crippen molar-refractivity contribution >= 4 is 40.1 Å². The van der Waals surface area contributed by atoms with E-state index in [1.54, 1.807) is 24.3 Å². The third-order valence-electron chi connectivity index (χ3n) is 4.60. The van der Waals surface area contributed by atoms with Crippen LogP contribution in [0.5, 0.6) is 5.75 Å². The van der Waals surface area contributed by atoms with Crippen LogP contribution in [0.4, 0.5) is 0 Å². The van der Waals surface area contributed by atoms with Gasteiger partial charge in [0.25, 0.3) is 11.7 Å². The van der Waals surface area contributed by atoms with E-state index in [1.807, 2.05) is 35.0 Å². The topological polar surface area (TPSA) is 66.8 Å². The molecule has 1 fully saturated rings. The van der Waals surface area contributed by atoms with E-state index in [9.17, 15) is 14.7 Å². The molecule has 2 aromatic heterocycles. The number of ether oxygens (including phenoxy) is 1. The standard InChI is InChI=1S/C21H17NO4S2/c1-26-14-6-2-5-13(11-14)19(23)17-18(16-8-4-10-28-16)22(21(25)20(17)24)12-15-7-3-9-27-15/h2-11,18,23H,12H2,1H3/b19-17-. The van der Waals surface area contributed by atoms with Crippen molar-refractivity contribution in [3.8, 4) is 5.75 Å². The highest BCUT2D eigenvalue weighted by atomic mass is 32.1. The molecule has 0 radical (unpaired) electrons. The van der Waals surface area contributed by atoms with Gasteiger partial charge >= 0.3 is 0 Å². The van der Waals surface area contributed by atoms with Gasteiger partial charge in [-0.05, 0) is 35.0 Å². The summed E-state index contributed by atoms with van der Waals surface area (Å²) in [5.74, 6) is -0.902. The molecule has 0 spiro atoms. The number of ketones is 1. The van der Waals surface area contributed by atoms with Crippen LogP contribution < -0.4 is 4.74 Å². The lowest BCUT2D eigenvalue weighted by molar-refractivity contribution is -0.140. The largest absolute Gasteiger partial charge is 0.507 e. The maximum atomic E-state index is 12.9. The number of hydrogen-bond donors (Lipinski definition) is 1. The first-order valence-corrected chi connectivity index (χ1v) is 10.3. The first-order valence-electron chi connectivity index (χ1n) is 8.58. The quantitative estimate of drug-likeness (QED) is 0.383. The fourth-order valence-electron chi connectivity index (χ4n) is 3.28. The van der Waals surface area contributed by atoms with Crippen LogP contribution in [0, 0.1) is 0 Å². The number of aliphatic hydroxyl groups excluding tert-OH is 1. The minimum Gasteiger partial charge on any atom is -0.507 e. The number of thiophene rings is 2. The van der Waals surface area contributed by atoms with Crippen LogP contribution in [0.1, 0.15) is 21.4 Å². The van der Waals surface area contributed by atoms with E-state index >= 15 is 0 Å². The van der Waals surface area contributed by atoms with Crippen molar-refractivity contribution in [3.05, 3.63) is 80.2 Å². The van der Waals surface area contributed by atoms with E-state index in [0.717, 1.165) is 9.75 Å². The van der Waals surface area contributed by atoms with Crippen LogP contribution in [0.2, 0.25) is 0 Å². The molecule has 1 aromatic carbocycles. The van der Waals surface area contributed by atoms with Crippen molar-refractivity contribution in [2.24, 2.45) is 0 Å². The van der Waals surface area contributed by atoms with Gasteiger partial charge in [0.05, 0.1) is 19.2 Å². The van der Waals surface area contributed by atoms with E-state index in [2.05, 4.69) is 0 Å². The van der Waals surface area contributed by atoms with E-state index in [-0.39, 0.29) is 11.3 Å². The number of rotatable bonds is 5. The lowest BCUT2D eigenvalue weighted by Crippen LogP contribution is -2.28. The summed E-state index contributed by atoms with van der Waals surface area (Å²) in [6, 6.07) is 13.8. The molecule has 4 rings (SSSR count). The molecule has 5 nitrogen and oxygen atoms in total. The lowest BCUT2D eigenvalue weighted by Gasteiger charge is -2.23. The third kappa shape index (κ3) is 3.23. The summed E-state index contributed by atoms with van der Waals surface area (Å²) in [6.45, 7) is 0.319. The van der Waals surface area contributed by atoms with E-state index in [4.69, 9.17) is 4.74 Å². The van der Waals surface area contributed by atoms with E-state index < -0.39 is 17.7 Å². The van der Waals surface area contributed by atoms with Gasteiger partial charge in [0, 0.05) is 15.3 Å². The van der Waals surface area contributed by atoms with Gasteiger partial charge < -0.3 is 14.7 Å². The number of amides is 1. The summed E-state index contributed by atoms with van der Waals surface area (Å²) in [6.07, 6.45) is 0. The summed E-state index contributed by atoms with van der Waals surface area (Å²) in [5, 5.41) is 14.8. The summed E-state index contributed by atoms with van der Waals surface area (Å²) in [5.41, 5.74) is 0.548. The minimum absolute atomic E-state index is 0.109. The Kier molecular flexibility index (Phi) is 5.02. The molecule has 0 bridgehead atoms. The number of nitrogens with zero attached hydrogens (tertiary/aromatic N) is 1. The van der Waals surface area contributed by atoms with Crippen LogP contribution in [0.25, 0.3) is 5.76 Å².